The summed E-state index contributed by atoms with van der Waals surface area (Å²) in [7, 11) is 0.915. The molecule has 0 aromatic heterocycles. The molecule has 0 atom stereocenters. The first-order valence-corrected chi connectivity index (χ1v) is 5.94. The summed E-state index contributed by atoms with van der Waals surface area (Å²) >= 11 is 0. The van der Waals surface area contributed by atoms with Crippen LogP contribution >= 0.6 is 10.7 Å². The molecule has 1 aromatic rings. The van der Waals surface area contributed by atoms with Crippen LogP contribution in [0.4, 0.5) is 10.1 Å². The van der Waals surface area contributed by atoms with Crippen molar-refractivity contribution in [3.63, 3.8) is 0 Å². The number of halogens is 2. The van der Waals surface area contributed by atoms with Crippen LogP contribution in [0, 0.1) is 22.9 Å². The Morgan fingerprint density at radius 1 is 1.47 bits per heavy atom. The van der Waals surface area contributed by atoms with E-state index in [9.17, 15) is 22.9 Å². The number of hydrogen-bond acceptors (Lipinski definition) is 4. The van der Waals surface area contributed by atoms with Gasteiger partial charge in [-0.25, -0.2) is 8.42 Å². The zero-order valence-electron chi connectivity index (χ0n) is 7.40. The molecule has 82 valence electrons. The van der Waals surface area contributed by atoms with E-state index in [4.69, 9.17) is 10.7 Å². The van der Waals surface area contributed by atoms with Crippen LogP contribution in [0.25, 0.3) is 0 Å². The molecule has 0 saturated heterocycles. The van der Waals surface area contributed by atoms with Gasteiger partial charge >= 0.3 is 5.69 Å². The zero-order valence-corrected chi connectivity index (χ0v) is 8.97. The largest absolute Gasteiger partial charge is 0.308 e. The molecule has 0 fully saturated rings. The first-order valence-electron chi connectivity index (χ1n) is 3.63. The molecule has 0 aliphatic heterocycles. The van der Waals surface area contributed by atoms with Gasteiger partial charge in [-0.15, -0.1) is 0 Å². The molecule has 0 spiro atoms. The summed E-state index contributed by atoms with van der Waals surface area (Å²) in [6.07, 6.45) is 0. The van der Waals surface area contributed by atoms with Crippen molar-refractivity contribution < 1.29 is 17.7 Å². The number of hydrogen-bond donors (Lipinski definition) is 0. The van der Waals surface area contributed by atoms with E-state index in [-0.39, 0.29) is 5.56 Å². The number of benzene rings is 1. The van der Waals surface area contributed by atoms with Crippen LogP contribution in [0.15, 0.2) is 17.0 Å². The van der Waals surface area contributed by atoms with Crippen molar-refractivity contribution in [2.24, 2.45) is 0 Å². The Hall–Kier alpha value is -1.21. The van der Waals surface area contributed by atoms with Crippen molar-refractivity contribution in [3.8, 4) is 0 Å². The Bertz CT molecular complexity index is 528. The quantitative estimate of drug-likeness (QED) is 0.459. The van der Waals surface area contributed by atoms with E-state index >= 15 is 0 Å². The Balaban J connectivity index is 3.64. The van der Waals surface area contributed by atoms with Crippen LogP contribution in [0.2, 0.25) is 0 Å². The van der Waals surface area contributed by atoms with E-state index in [1.54, 1.807) is 0 Å². The van der Waals surface area contributed by atoms with Gasteiger partial charge in [0.25, 0.3) is 9.05 Å². The maximum absolute atomic E-state index is 13.0. The molecule has 0 bridgehead atoms. The number of rotatable bonds is 2. The van der Waals surface area contributed by atoms with Gasteiger partial charge < -0.3 is 0 Å². The van der Waals surface area contributed by atoms with Crippen molar-refractivity contribution in [2.45, 2.75) is 11.8 Å². The third-order valence-corrected chi connectivity index (χ3v) is 3.24. The predicted molar refractivity (Wildman–Crippen MR) is 50.8 cm³/mol. The molecule has 1 rings (SSSR count). The van der Waals surface area contributed by atoms with Gasteiger partial charge in [0.15, 0.2) is 0 Å². The van der Waals surface area contributed by atoms with E-state index in [0.29, 0.717) is 6.07 Å². The average molecular weight is 254 g/mol. The van der Waals surface area contributed by atoms with Crippen LogP contribution in [0.3, 0.4) is 0 Å². The van der Waals surface area contributed by atoms with Crippen LogP contribution < -0.4 is 0 Å². The van der Waals surface area contributed by atoms with Crippen molar-refractivity contribution in [1.29, 1.82) is 0 Å². The van der Waals surface area contributed by atoms with Gasteiger partial charge in [-0.05, 0) is 19.1 Å². The molecule has 0 heterocycles. The van der Waals surface area contributed by atoms with E-state index in [0.717, 1.165) is 13.0 Å². The van der Waals surface area contributed by atoms with Gasteiger partial charge in [0.2, 0.25) is 5.82 Å². The van der Waals surface area contributed by atoms with Crippen LogP contribution in [0.1, 0.15) is 5.56 Å². The minimum atomic E-state index is -4.11. The predicted octanol–water partition coefficient (Wildman–Crippen LogP) is 1.97. The number of nitrogens with zero attached hydrogens (tertiary/aromatic N) is 1. The lowest BCUT2D eigenvalue weighted by atomic mass is 10.2. The molecule has 0 N–H and O–H groups in total. The molecular weight excluding hydrogens is 249 g/mol. The maximum Gasteiger partial charge on any atom is 0.308 e. The monoisotopic (exact) mass is 253 g/mol. The molecule has 0 amide bonds. The van der Waals surface area contributed by atoms with Gasteiger partial charge in [-0.1, -0.05) is 0 Å². The first-order chi connectivity index (χ1) is 6.75. The summed E-state index contributed by atoms with van der Waals surface area (Å²) in [5, 5.41) is 10.4. The van der Waals surface area contributed by atoms with Crippen LogP contribution in [-0.4, -0.2) is 13.3 Å². The standard InChI is InChI=1S/C7H5ClFNO4S/c1-4-6(15(8,13)14)3-2-5(9)7(4)10(11)12/h2-3H,1H3. The topological polar surface area (TPSA) is 77.3 Å². The highest BCUT2D eigenvalue weighted by molar-refractivity contribution is 8.13. The van der Waals surface area contributed by atoms with Crippen molar-refractivity contribution in [2.75, 3.05) is 0 Å². The Kier molecular flexibility index (Phi) is 2.96. The molecule has 15 heavy (non-hydrogen) atoms. The Morgan fingerprint density at radius 3 is 2.40 bits per heavy atom. The molecule has 1 aromatic carbocycles. The molecular formula is C7H5ClFNO4S. The minimum absolute atomic E-state index is 0.310. The Labute approximate surface area is 89.0 Å². The molecule has 0 aliphatic rings. The van der Waals surface area contributed by atoms with E-state index in [2.05, 4.69) is 0 Å². The normalized spacial score (nSPS) is 11.4. The van der Waals surface area contributed by atoms with E-state index < -0.39 is 30.4 Å². The molecule has 5 nitrogen and oxygen atoms in total. The lowest BCUT2D eigenvalue weighted by Gasteiger charge is -2.03. The fourth-order valence-electron chi connectivity index (χ4n) is 1.14. The molecule has 0 saturated carbocycles. The summed E-state index contributed by atoms with van der Waals surface area (Å²) in [4.78, 5) is 9.00. The Morgan fingerprint density at radius 2 is 2.00 bits per heavy atom. The average Bonchev–Trinajstić information content (AvgIpc) is 2.00. The minimum Gasteiger partial charge on any atom is -0.258 e. The lowest BCUT2D eigenvalue weighted by molar-refractivity contribution is -0.388. The van der Waals surface area contributed by atoms with E-state index in [1.807, 2.05) is 0 Å². The summed E-state index contributed by atoms with van der Waals surface area (Å²) in [6, 6.07) is 1.58. The van der Waals surface area contributed by atoms with E-state index in [1.165, 1.54) is 0 Å². The number of nitro benzene ring substituents is 1. The fourth-order valence-corrected chi connectivity index (χ4v) is 2.33. The molecule has 8 heteroatoms. The third kappa shape index (κ3) is 2.24. The SMILES string of the molecule is Cc1c(S(=O)(=O)Cl)ccc(F)c1[N+](=O)[O-]. The van der Waals surface area contributed by atoms with Crippen LogP contribution in [-0.2, 0) is 9.05 Å². The maximum atomic E-state index is 13.0. The van der Waals surface area contributed by atoms with Crippen molar-refractivity contribution >= 4 is 25.4 Å². The first kappa shape index (κ1) is 11.9. The van der Waals surface area contributed by atoms with Crippen LogP contribution in [0.5, 0.6) is 0 Å². The summed E-state index contributed by atoms with van der Waals surface area (Å²) in [5.74, 6) is -1.10. The van der Waals surface area contributed by atoms with Gasteiger partial charge in [-0.3, -0.25) is 10.1 Å². The smallest absolute Gasteiger partial charge is 0.258 e. The third-order valence-electron chi connectivity index (χ3n) is 1.78. The van der Waals surface area contributed by atoms with Gasteiger partial charge in [0.05, 0.1) is 9.82 Å². The molecule has 0 unspecified atom stereocenters. The van der Waals surface area contributed by atoms with Crippen molar-refractivity contribution in [3.05, 3.63) is 33.6 Å². The highest BCUT2D eigenvalue weighted by Crippen LogP contribution is 2.29. The highest BCUT2D eigenvalue weighted by Gasteiger charge is 2.25. The van der Waals surface area contributed by atoms with Gasteiger partial charge in [0, 0.05) is 16.2 Å². The fraction of sp³-hybridized carbons (Fsp3) is 0.143. The second-order valence-electron chi connectivity index (χ2n) is 2.71. The summed E-state index contributed by atoms with van der Waals surface area (Å²) in [6.45, 7) is 1.12. The molecule has 0 aliphatic carbocycles. The lowest BCUT2D eigenvalue weighted by Crippen LogP contribution is -2.01. The second-order valence-corrected chi connectivity index (χ2v) is 5.25. The van der Waals surface area contributed by atoms with Crippen molar-refractivity contribution in [1.82, 2.24) is 0 Å². The van der Waals surface area contributed by atoms with Gasteiger partial charge in [0.1, 0.15) is 0 Å². The summed E-state index contributed by atoms with van der Waals surface area (Å²) < 4.78 is 34.9. The van der Waals surface area contributed by atoms with Gasteiger partial charge in [-0.2, -0.15) is 4.39 Å². The molecule has 0 radical (unpaired) electrons. The zero-order chi connectivity index (χ0) is 11.8. The summed E-state index contributed by atoms with van der Waals surface area (Å²) in [5.41, 5.74) is -1.19. The number of nitro groups is 1. The second kappa shape index (κ2) is 3.74. The highest BCUT2D eigenvalue weighted by atomic mass is 35.7.